The van der Waals surface area contributed by atoms with Gasteiger partial charge >= 0.3 is 0 Å². The van der Waals surface area contributed by atoms with Gasteiger partial charge in [0.25, 0.3) is 0 Å². The van der Waals surface area contributed by atoms with Gasteiger partial charge in [-0.3, -0.25) is 4.79 Å². The maximum atomic E-state index is 13.0. The number of aryl methyl sites for hydroxylation is 1. The number of benzene rings is 1. The van der Waals surface area contributed by atoms with Crippen molar-refractivity contribution in [3.8, 4) is 5.75 Å². The number of carbonyl (C=O) groups is 1. The number of aliphatic hydroxyl groups is 1. The van der Waals surface area contributed by atoms with Crippen LogP contribution in [0, 0.1) is 12.3 Å². The van der Waals surface area contributed by atoms with Crippen LogP contribution < -0.4 is 4.74 Å². The van der Waals surface area contributed by atoms with E-state index >= 15 is 0 Å². The SMILES string of the molecule is CCC1(O)CCC(N(C)C(=O)C(C)(C)CCOc2ccc(C)cc2Cl)C1. The Bertz CT molecular complexity index is 646. The average molecular weight is 382 g/mol. The predicted molar refractivity (Wildman–Crippen MR) is 106 cm³/mol. The highest BCUT2D eigenvalue weighted by molar-refractivity contribution is 6.32. The second-order valence-electron chi connectivity index (χ2n) is 8.31. The summed E-state index contributed by atoms with van der Waals surface area (Å²) >= 11 is 6.20. The molecule has 2 unspecified atom stereocenters. The van der Waals surface area contributed by atoms with Crippen LogP contribution >= 0.6 is 11.6 Å². The van der Waals surface area contributed by atoms with Gasteiger partial charge in [0.05, 0.1) is 17.2 Å². The first-order valence-electron chi connectivity index (χ1n) is 9.46. The number of amides is 1. The summed E-state index contributed by atoms with van der Waals surface area (Å²) in [5.74, 6) is 0.749. The zero-order valence-electron chi connectivity index (χ0n) is 16.6. The first kappa shape index (κ1) is 21.0. The Balaban J connectivity index is 1.91. The topological polar surface area (TPSA) is 49.8 Å². The van der Waals surface area contributed by atoms with Crippen molar-refractivity contribution >= 4 is 17.5 Å². The highest BCUT2D eigenvalue weighted by Gasteiger charge is 2.41. The molecule has 0 bridgehead atoms. The minimum absolute atomic E-state index is 0.0986. The van der Waals surface area contributed by atoms with Crippen molar-refractivity contribution < 1.29 is 14.6 Å². The monoisotopic (exact) mass is 381 g/mol. The second-order valence-corrected chi connectivity index (χ2v) is 8.71. The van der Waals surface area contributed by atoms with Gasteiger partial charge in [-0.1, -0.05) is 38.4 Å². The predicted octanol–water partition coefficient (Wildman–Crippen LogP) is 4.60. The van der Waals surface area contributed by atoms with E-state index < -0.39 is 11.0 Å². The van der Waals surface area contributed by atoms with Gasteiger partial charge in [-0.25, -0.2) is 0 Å². The van der Waals surface area contributed by atoms with Gasteiger partial charge in [-0.05, 0) is 56.7 Å². The molecule has 146 valence electrons. The van der Waals surface area contributed by atoms with E-state index in [2.05, 4.69) is 0 Å². The van der Waals surface area contributed by atoms with Gasteiger partial charge < -0.3 is 14.7 Å². The third-order valence-electron chi connectivity index (χ3n) is 5.74. The summed E-state index contributed by atoms with van der Waals surface area (Å²) in [4.78, 5) is 14.8. The Kier molecular flexibility index (Phi) is 6.62. The highest BCUT2D eigenvalue weighted by Crippen LogP contribution is 2.37. The van der Waals surface area contributed by atoms with Crippen molar-refractivity contribution in [2.24, 2.45) is 5.41 Å². The second kappa shape index (κ2) is 8.18. The molecule has 26 heavy (non-hydrogen) atoms. The number of carbonyl (C=O) groups excluding carboxylic acids is 1. The van der Waals surface area contributed by atoms with Crippen LogP contribution in [0.5, 0.6) is 5.75 Å². The van der Waals surface area contributed by atoms with Gasteiger partial charge in [0.15, 0.2) is 0 Å². The number of rotatable bonds is 7. The van der Waals surface area contributed by atoms with Crippen molar-refractivity contribution in [2.45, 2.75) is 71.4 Å². The largest absolute Gasteiger partial charge is 0.492 e. The van der Waals surface area contributed by atoms with Gasteiger partial charge in [-0.2, -0.15) is 0 Å². The number of hydrogen-bond acceptors (Lipinski definition) is 3. The smallest absolute Gasteiger partial charge is 0.228 e. The summed E-state index contributed by atoms with van der Waals surface area (Å²) in [5, 5.41) is 11.0. The molecule has 5 heteroatoms. The van der Waals surface area contributed by atoms with Crippen LogP contribution in [0.3, 0.4) is 0 Å². The quantitative estimate of drug-likeness (QED) is 0.751. The van der Waals surface area contributed by atoms with Gasteiger partial charge in [-0.15, -0.1) is 0 Å². The Labute approximate surface area is 162 Å². The number of hydrogen-bond donors (Lipinski definition) is 1. The zero-order valence-corrected chi connectivity index (χ0v) is 17.4. The molecule has 1 aromatic carbocycles. The minimum atomic E-state index is -0.616. The Morgan fingerprint density at radius 2 is 2.15 bits per heavy atom. The average Bonchev–Trinajstić information content (AvgIpc) is 2.98. The fourth-order valence-electron chi connectivity index (χ4n) is 3.62. The van der Waals surface area contributed by atoms with E-state index in [1.54, 1.807) is 0 Å². The molecule has 1 fully saturated rings. The van der Waals surface area contributed by atoms with Crippen molar-refractivity contribution in [3.05, 3.63) is 28.8 Å². The standard InChI is InChI=1S/C21H32ClNO3/c1-6-21(25)10-9-16(14-21)23(5)19(24)20(3,4)11-12-26-18-8-7-15(2)13-17(18)22/h7-8,13,16,25H,6,9-12,14H2,1-5H3. The van der Waals surface area contributed by atoms with E-state index in [9.17, 15) is 9.90 Å². The summed E-state index contributed by atoms with van der Waals surface area (Å²) in [7, 11) is 1.86. The number of ether oxygens (including phenoxy) is 1. The lowest BCUT2D eigenvalue weighted by Crippen LogP contribution is -2.44. The van der Waals surface area contributed by atoms with E-state index in [0.717, 1.165) is 24.8 Å². The molecule has 0 radical (unpaired) electrons. The maximum absolute atomic E-state index is 13.0. The lowest BCUT2D eigenvalue weighted by atomic mass is 9.87. The third-order valence-corrected chi connectivity index (χ3v) is 6.03. The van der Waals surface area contributed by atoms with Gasteiger partial charge in [0, 0.05) is 18.5 Å². The minimum Gasteiger partial charge on any atom is -0.492 e. The molecule has 1 amide bonds. The molecule has 4 nitrogen and oxygen atoms in total. The van der Waals surface area contributed by atoms with Crippen LogP contribution in [-0.2, 0) is 4.79 Å². The van der Waals surface area contributed by atoms with Crippen molar-refractivity contribution in [2.75, 3.05) is 13.7 Å². The molecule has 1 aliphatic rings. The highest BCUT2D eigenvalue weighted by atomic mass is 35.5. The van der Waals surface area contributed by atoms with E-state index in [1.807, 2.05) is 57.8 Å². The number of halogens is 1. The first-order valence-corrected chi connectivity index (χ1v) is 9.84. The summed E-state index contributed by atoms with van der Waals surface area (Å²) in [6, 6.07) is 5.80. The fourth-order valence-corrected chi connectivity index (χ4v) is 3.91. The molecule has 0 saturated heterocycles. The van der Waals surface area contributed by atoms with E-state index in [4.69, 9.17) is 16.3 Å². The molecule has 1 aromatic rings. The van der Waals surface area contributed by atoms with E-state index in [-0.39, 0.29) is 11.9 Å². The summed E-state index contributed by atoms with van der Waals surface area (Å²) in [6.07, 6.45) is 3.63. The molecule has 2 atom stereocenters. The maximum Gasteiger partial charge on any atom is 0.228 e. The van der Waals surface area contributed by atoms with Gasteiger partial charge in [0.2, 0.25) is 5.91 Å². The summed E-state index contributed by atoms with van der Waals surface area (Å²) in [6.45, 7) is 8.32. The normalized spacial score (nSPS) is 23.1. The lowest BCUT2D eigenvalue weighted by molar-refractivity contribution is -0.142. The molecule has 1 aliphatic carbocycles. The molecule has 1 saturated carbocycles. The van der Waals surface area contributed by atoms with E-state index in [1.165, 1.54) is 0 Å². The van der Waals surface area contributed by atoms with Crippen LogP contribution in [0.25, 0.3) is 0 Å². The van der Waals surface area contributed by atoms with Crippen LogP contribution in [0.1, 0.15) is 58.4 Å². The Morgan fingerprint density at radius 3 is 2.73 bits per heavy atom. The fraction of sp³-hybridized carbons (Fsp3) is 0.667. The molecule has 2 rings (SSSR count). The number of nitrogens with zero attached hydrogens (tertiary/aromatic N) is 1. The van der Waals surface area contributed by atoms with Crippen LogP contribution in [-0.4, -0.2) is 41.2 Å². The third kappa shape index (κ3) is 4.92. The van der Waals surface area contributed by atoms with Crippen LogP contribution in [0.4, 0.5) is 0 Å². The van der Waals surface area contributed by atoms with Crippen molar-refractivity contribution in [1.82, 2.24) is 4.90 Å². The van der Waals surface area contributed by atoms with Crippen LogP contribution in [0.2, 0.25) is 5.02 Å². The summed E-state index contributed by atoms with van der Waals surface area (Å²) in [5.41, 5.74) is -0.0592. The molecule has 0 spiro atoms. The van der Waals surface area contributed by atoms with Crippen molar-refractivity contribution in [1.29, 1.82) is 0 Å². The van der Waals surface area contributed by atoms with Crippen LogP contribution in [0.15, 0.2) is 18.2 Å². The van der Waals surface area contributed by atoms with Gasteiger partial charge in [0.1, 0.15) is 5.75 Å². The zero-order chi connectivity index (χ0) is 19.5. The molecular weight excluding hydrogens is 350 g/mol. The molecule has 1 N–H and O–H groups in total. The lowest BCUT2D eigenvalue weighted by Gasteiger charge is -2.34. The molecule has 0 aromatic heterocycles. The Hall–Kier alpha value is -1.26. The Morgan fingerprint density at radius 1 is 1.46 bits per heavy atom. The summed E-state index contributed by atoms with van der Waals surface area (Å²) < 4.78 is 5.79. The van der Waals surface area contributed by atoms with E-state index in [0.29, 0.717) is 30.2 Å². The van der Waals surface area contributed by atoms with Crippen molar-refractivity contribution in [3.63, 3.8) is 0 Å². The molecule has 0 heterocycles. The first-order chi connectivity index (χ1) is 12.1. The molecular formula is C21H32ClNO3. The molecule has 0 aliphatic heterocycles.